The SMILES string of the molecule is O=C(CCc1nc(CSc2nc3ccccc3o2)no1)Nc1ccc(Cl)cc1F. The van der Waals surface area contributed by atoms with E-state index in [1.54, 1.807) is 0 Å². The molecule has 7 nitrogen and oxygen atoms in total. The molecule has 29 heavy (non-hydrogen) atoms. The number of hydrogen-bond donors (Lipinski definition) is 1. The van der Waals surface area contributed by atoms with Crippen molar-refractivity contribution in [2.24, 2.45) is 0 Å². The van der Waals surface area contributed by atoms with Gasteiger partial charge in [-0.15, -0.1) is 0 Å². The number of carbonyl (C=O) groups is 1. The topological polar surface area (TPSA) is 94.0 Å². The van der Waals surface area contributed by atoms with E-state index in [1.165, 1.54) is 23.9 Å². The Bertz CT molecular complexity index is 1130. The minimum Gasteiger partial charge on any atom is -0.431 e. The van der Waals surface area contributed by atoms with Crippen LogP contribution in [0.5, 0.6) is 0 Å². The van der Waals surface area contributed by atoms with Crippen molar-refractivity contribution in [2.45, 2.75) is 23.8 Å². The fourth-order valence-electron chi connectivity index (χ4n) is 2.51. The Morgan fingerprint density at radius 3 is 2.90 bits per heavy atom. The highest BCUT2D eigenvalue weighted by Gasteiger charge is 2.13. The molecule has 0 bridgehead atoms. The first-order chi connectivity index (χ1) is 14.1. The van der Waals surface area contributed by atoms with Gasteiger partial charge in [-0.2, -0.15) is 4.98 Å². The van der Waals surface area contributed by atoms with Gasteiger partial charge in [-0.1, -0.05) is 40.7 Å². The van der Waals surface area contributed by atoms with Gasteiger partial charge in [0.2, 0.25) is 11.8 Å². The molecule has 1 amide bonds. The van der Waals surface area contributed by atoms with Gasteiger partial charge < -0.3 is 14.3 Å². The van der Waals surface area contributed by atoms with Gasteiger partial charge in [0.25, 0.3) is 5.22 Å². The second kappa shape index (κ2) is 8.62. The first-order valence-corrected chi connectivity index (χ1v) is 9.98. The molecule has 0 atom stereocenters. The molecular weight excluding hydrogens is 419 g/mol. The van der Waals surface area contributed by atoms with Crippen LogP contribution in [0.2, 0.25) is 5.02 Å². The lowest BCUT2D eigenvalue weighted by Gasteiger charge is -2.05. The van der Waals surface area contributed by atoms with E-state index in [2.05, 4.69) is 20.4 Å². The van der Waals surface area contributed by atoms with Gasteiger partial charge in [0.1, 0.15) is 11.3 Å². The second-order valence-corrected chi connectivity index (χ2v) is 7.38. The van der Waals surface area contributed by atoms with E-state index in [4.69, 9.17) is 20.5 Å². The van der Waals surface area contributed by atoms with Crippen molar-refractivity contribution in [1.82, 2.24) is 15.1 Å². The first-order valence-electron chi connectivity index (χ1n) is 8.61. The molecule has 1 N–H and O–H groups in total. The summed E-state index contributed by atoms with van der Waals surface area (Å²) >= 11 is 7.04. The molecule has 4 rings (SSSR count). The van der Waals surface area contributed by atoms with Gasteiger partial charge >= 0.3 is 0 Å². The number of rotatable bonds is 7. The third-order valence-corrected chi connectivity index (χ3v) is 4.94. The number of thioether (sulfide) groups is 1. The van der Waals surface area contributed by atoms with Crippen molar-refractivity contribution in [3.8, 4) is 0 Å². The summed E-state index contributed by atoms with van der Waals surface area (Å²) in [5, 5.41) is 7.15. The number of nitrogens with zero attached hydrogens (tertiary/aromatic N) is 3. The molecule has 0 aliphatic carbocycles. The molecule has 0 spiro atoms. The van der Waals surface area contributed by atoms with E-state index in [9.17, 15) is 9.18 Å². The van der Waals surface area contributed by atoms with E-state index >= 15 is 0 Å². The maximum Gasteiger partial charge on any atom is 0.257 e. The Morgan fingerprint density at radius 1 is 1.21 bits per heavy atom. The van der Waals surface area contributed by atoms with E-state index in [0.717, 1.165) is 11.6 Å². The van der Waals surface area contributed by atoms with Crippen LogP contribution in [0, 0.1) is 5.82 Å². The number of benzene rings is 2. The standard InChI is InChI=1S/C19H14ClFN4O3S/c20-11-5-6-13(12(21)9-11)22-17(26)7-8-18-24-16(25-28-18)10-29-19-23-14-3-1-2-4-15(14)27-19/h1-6,9H,7-8,10H2,(H,22,26). The third-order valence-electron chi connectivity index (χ3n) is 3.88. The summed E-state index contributed by atoms with van der Waals surface area (Å²) in [6.45, 7) is 0. The number of hydrogen-bond acceptors (Lipinski definition) is 7. The Morgan fingerprint density at radius 2 is 2.07 bits per heavy atom. The number of nitrogens with one attached hydrogen (secondary N) is 1. The number of para-hydroxylation sites is 2. The average molecular weight is 433 g/mol. The predicted molar refractivity (Wildman–Crippen MR) is 106 cm³/mol. The summed E-state index contributed by atoms with van der Waals surface area (Å²) in [5.41, 5.74) is 1.57. The molecule has 0 saturated carbocycles. The number of amides is 1. The summed E-state index contributed by atoms with van der Waals surface area (Å²) in [6, 6.07) is 11.5. The van der Waals surface area contributed by atoms with Crippen LogP contribution in [-0.2, 0) is 17.0 Å². The minimum absolute atomic E-state index is 0.0698. The molecule has 0 unspecified atom stereocenters. The zero-order chi connectivity index (χ0) is 20.2. The van der Waals surface area contributed by atoms with Crippen molar-refractivity contribution in [3.63, 3.8) is 0 Å². The van der Waals surface area contributed by atoms with Crippen molar-refractivity contribution in [2.75, 3.05) is 5.32 Å². The molecule has 10 heteroatoms. The molecule has 148 valence electrons. The molecule has 2 heterocycles. The average Bonchev–Trinajstić information content (AvgIpc) is 3.33. The summed E-state index contributed by atoms with van der Waals surface area (Å²) in [4.78, 5) is 20.6. The Labute approximate surface area is 173 Å². The maximum absolute atomic E-state index is 13.7. The van der Waals surface area contributed by atoms with Crippen LogP contribution in [0.4, 0.5) is 10.1 Å². The van der Waals surface area contributed by atoms with Crippen LogP contribution in [0.1, 0.15) is 18.1 Å². The predicted octanol–water partition coefficient (Wildman–Crippen LogP) is 4.87. The highest BCUT2D eigenvalue weighted by molar-refractivity contribution is 7.98. The van der Waals surface area contributed by atoms with Crippen molar-refractivity contribution < 1.29 is 18.1 Å². The molecule has 2 aromatic carbocycles. The lowest BCUT2D eigenvalue weighted by atomic mass is 10.2. The van der Waals surface area contributed by atoms with Crippen LogP contribution >= 0.6 is 23.4 Å². The smallest absolute Gasteiger partial charge is 0.257 e. The molecule has 0 saturated heterocycles. The zero-order valence-electron chi connectivity index (χ0n) is 14.9. The fraction of sp³-hybridized carbons (Fsp3) is 0.158. The molecule has 0 fully saturated rings. The maximum atomic E-state index is 13.7. The van der Waals surface area contributed by atoms with E-state index in [1.807, 2.05) is 24.3 Å². The van der Waals surface area contributed by atoms with Crippen LogP contribution in [0.25, 0.3) is 11.1 Å². The van der Waals surface area contributed by atoms with E-state index in [-0.39, 0.29) is 29.5 Å². The molecule has 0 radical (unpaired) electrons. The van der Waals surface area contributed by atoms with Crippen LogP contribution in [0.15, 0.2) is 56.6 Å². The van der Waals surface area contributed by atoms with Gasteiger partial charge in [-0.25, -0.2) is 9.37 Å². The lowest BCUT2D eigenvalue weighted by Crippen LogP contribution is -2.13. The quantitative estimate of drug-likeness (QED) is 0.416. The number of halogens is 2. The summed E-state index contributed by atoms with van der Waals surface area (Å²) in [5.74, 6) is 0.244. The summed E-state index contributed by atoms with van der Waals surface area (Å²) < 4.78 is 24.5. The van der Waals surface area contributed by atoms with E-state index < -0.39 is 5.82 Å². The van der Waals surface area contributed by atoms with Gasteiger partial charge in [0, 0.05) is 17.9 Å². The van der Waals surface area contributed by atoms with Crippen molar-refractivity contribution in [1.29, 1.82) is 0 Å². The largest absolute Gasteiger partial charge is 0.431 e. The van der Waals surface area contributed by atoms with Crippen molar-refractivity contribution in [3.05, 3.63) is 65.0 Å². The fourth-order valence-corrected chi connectivity index (χ4v) is 3.35. The first kappa shape index (κ1) is 19.4. The highest BCUT2D eigenvalue weighted by Crippen LogP contribution is 2.25. The molecule has 0 aliphatic heterocycles. The van der Waals surface area contributed by atoms with Gasteiger partial charge in [0.05, 0.1) is 11.4 Å². The third kappa shape index (κ3) is 4.93. The minimum atomic E-state index is -0.595. The number of anilines is 1. The van der Waals surface area contributed by atoms with Crippen LogP contribution < -0.4 is 5.32 Å². The number of oxazole rings is 1. The normalized spacial score (nSPS) is 11.1. The number of aromatic nitrogens is 3. The van der Waals surface area contributed by atoms with Crippen molar-refractivity contribution >= 4 is 46.1 Å². The van der Waals surface area contributed by atoms with Crippen LogP contribution in [0.3, 0.4) is 0 Å². The van der Waals surface area contributed by atoms with Gasteiger partial charge in [-0.05, 0) is 30.3 Å². The molecule has 0 aliphatic rings. The number of fused-ring (bicyclic) bond motifs is 1. The van der Waals surface area contributed by atoms with E-state index in [0.29, 0.717) is 28.3 Å². The Balaban J connectivity index is 1.28. The summed E-state index contributed by atoms with van der Waals surface area (Å²) in [6.07, 6.45) is 0.309. The summed E-state index contributed by atoms with van der Waals surface area (Å²) in [7, 11) is 0. The zero-order valence-corrected chi connectivity index (χ0v) is 16.5. The lowest BCUT2D eigenvalue weighted by molar-refractivity contribution is -0.116. The van der Waals surface area contributed by atoms with Gasteiger partial charge in [0.15, 0.2) is 11.4 Å². The Hall–Kier alpha value is -2.91. The molecule has 2 aromatic heterocycles. The molecule has 4 aromatic rings. The monoisotopic (exact) mass is 432 g/mol. The van der Waals surface area contributed by atoms with Crippen LogP contribution in [-0.4, -0.2) is 21.0 Å². The number of carbonyl (C=O) groups excluding carboxylic acids is 1. The second-order valence-electron chi connectivity index (χ2n) is 6.01. The highest BCUT2D eigenvalue weighted by atomic mass is 35.5. The van der Waals surface area contributed by atoms with Gasteiger partial charge in [-0.3, -0.25) is 4.79 Å². The number of aryl methyl sites for hydroxylation is 1. The molecular formula is C19H14ClFN4O3S. The Kier molecular flexibility index (Phi) is 5.77.